The molecule has 1 aromatic rings. The number of nitriles is 1. The Hall–Kier alpha value is -2.08. The summed E-state index contributed by atoms with van der Waals surface area (Å²) in [6.45, 7) is 6.93. The summed E-state index contributed by atoms with van der Waals surface area (Å²) in [6.07, 6.45) is 0. The lowest BCUT2D eigenvalue weighted by atomic mass is 9.95. The summed E-state index contributed by atoms with van der Waals surface area (Å²) < 4.78 is 0. The van der Waals surface area contributed by atoms with Gasteiger partial charge in [-0.1, -0.05) is 17.7 Å². The van der Waals surface area contributed by atoms with Gasteiger partial charge in [0.2, 0.25) is 0 Å². The largest absolute Gasteiger partial charge is 0.506 e. The van der Waals surface area contributed by atoms with Crippen molar-refractivity contribution in [3.63, 3.8) is 0 Å². The van der Waals surface area contributed by atoms with E-state index in [2.05, 4.69) is 0 Å². The van der Waals surface area contributed by atoms with Crippen molar-refractivity contribution >= 4 is 11.5 Å². The molecular formula is C14H15NO2. The third-order valence-electron chi connectivity index (χ3n) is 2.61. The van der Waals surface area contributed by atoms with Crippen LogP contribution in [0.4, 0.5) is 0 Å². The average Bonchev–Trinajstić information content (AvgIpc) is 2.15. The number of aliphatic hydroxyl groups excluding tert-OH is 1. The number of aliphatic hydroxyl groups is 1. The van der Waals surface area contributed by atoms with Gasteiger partial charge in [-0.25, -0.2) is 0 Å². The van der Waals surface area contributed by atoms with Crippen molar-refractivity contribution in [2.75, 3.05) is 0 Å². The zero-order valence-corrected chi connectivity index (χ0v) is 10.5. The van der Waals surface area contributed by atoms with Gasteiger partial charge in [0.1, 0.15) is 17.4 Å². The highest BCUT2D eigenvalue weighted by atomic mass is 16.3. The Bertz CT molecular complexity index is 525. The molecule has 88 valence electrons. The quantitative estimate of drug-likeness (QED) is 0.481. The first kappa shape index (κ1) is 13.0. The summed E-state index contributed by atoms with van der Waals surface area (Å²) in [7, 11) is 0. The Morgan fingerprint density at radius 1 is 1.24 bits per heavy atom. The maximum atomic E-state index is 11.2. The van der Waals surface area contributed by atoms with E-state index < -0.39 is 5.78 Å². The van der Waals surface area contributed by atoms with E-state index in [4.69, 9.17) is 5.26 Å². The number of carbonyl (C=O) groups excluding carboxylic acids is 1. The lowest BCUT2D eigenvalue weighted by molar-refractivity contribution is -0.113. The summed E-state index contributed by atoms with van der Waals surface area (Å²) in [5, 5.41) is 18.9. The van der Waals surface area contributed by atoms with Crippen molar-refractivity contribution in [3.8, 4) is 6.07 Å². The first-order valence-corrected chi connectivity index (χ1v) is 5.31. The van der Waals surface area contributed by atoms with Crippen molar-refractivity contribution in [3.05, 3.63) is 40.0 Å². The zero-order chi connectivity index (χ0) is 13.2. The van der Waals surface area contributed by atoms with Crippen molar-refractivity contribution in [2.45, 2.75) is 27.7 Å². The fourth-order valence-electron chi connectivity index (χ4n) is 1.98. The lowest BCUT2D eigenvalue weighted by Gasteiger charge is -2.11. The first-order valence-electron chi connectivity index (χ1n) is 5.31. The normalized spacial score (nSPS) is 11.7. The lowest BCUT2D eigenvalue weighted by Crippen LogP contribution is -2.02. The van der Waals surface area contributed by atoms with Crippen molar-refractivity contribution in [2.24, 2.45) is 0 Å². The van der Waals surface area contributed by atoms with Gasteiger partial charge < -0.3 is 5.11 Å². The molecule has 17 heavy (non-hydrogen) atoms. The Morgan fingerprint density at radius 3 is 2.06 bits per heavy atom. The molecule has 1 N–H and O–H groups in total. The minimum absolute atomic E-state index is 0.194. The Kier molecular flexibility index (Phi) is 3.69. The molecule has 0 amide bonds. The maximum absolute atomic E-state index is 11.2. The van der Waals surface area contributed by atoms with Crippen LogP contribution >= 0.6 is 0 Å². The minimum Gasteiger partial charge on any atom is -0.506 e. The van der Waals surface area contributed by atoms with Gasteiger partial charge in [0, 0.05) is 12.5 Å². The van der Waals surface area contributed by atoms with Crippen LogP contribution in [0.25, 0.3) is 5.76 Å². The summed E-state index contributed by atoms with van der Waals surface area (Å²) in [5.41, 5.74) is 3.17. The molecule has 1 rings (SSSR count). The SMILES string of the molecule is CC(=O)C(C#N)=C(O)c1c(C)cc(C)cc1C. The molecule has 0 aliphatic carbocycles. The van der Waals surface area contributed by atoms with Gasteiger partial charge in [-0.3, -0.25) is 4.79 Å². The fraction of sp³-hybridized carbons (Fsp3) is 0.286. The standard InChI is InChI=1S/C14H15NO2/c1-8-5-9(2)13(10(3)6-8)14(17)12(7-15)11(4)16/h5-6,17H,1-4H3. The Labute approximate surface area is 101 Å². The molecule has 0 bridgehead atoms. The minimum atomic E-state index is -0.427. The molecule has 0 saturated carbocycles. The predicted molar refractivity (Wildman–Crippen MR) is 66.5 cm³/mol. The Balaban J connectivity index is 3.56. The van der Waals surface area contributed by atoms with Crippen LogP contribution in [-0.2, 0) is 4.79 Å². The maximum Gasteiger partial charge on any atom is 0.174 e. The number of Topliss-reactive ketones (excluding diaryl/α,β-unsaturated/α-hetero) is 1. The first-order chi connectivity index (χ1) is 7.88. The predicted octanol–water partition coefficient (Wildman–Crippen LogP) is 2.99. The number of aryl methyl sites for hydroxylation is 3. The number of hydrogen-bond acceptors (Lipinski definition) is 3. The molecule has 0 aromatic heterocycles. The van der Waals surface area contributed by atoms with E-state index in [9.17, 15) is 9.90 Å². The molecule has 0 saturated heterocycles. The van der Waals surface area contributed by atoms with E-state index in [-0.39, 0.29) is 11.3 Å². The molecule has 3 heteroatoms. The molecule has 0 aliphatic rings. The number of allylic oxidation sites excluding steroid dienone is 1. The number of benzene rings is 1. The third-order valence-corrected chi connectivity index (χ3v) is 2.61. The van der Waals surface area contributed by atoms with Crippen molar-refractivity contribution < 1.29 is 9.90 Å². The van der Waals surface area contributed by atoms with E-state index in [1.54, 1.807) is 6.07 Å². The number of ketones is 1. The number of rotatable bonds is 2. The topological polar surface area (TPSA) is 61.1 Å². The molecular weight excluding hydrogens is 214 g/mol. The fourth-order valence-corrected chi connectivity index (χ4v) is 1.98. The molecule has 1 aromatic carbocycles. The van der Waals surface area contributed by atoms with Gasteiger partial charge in [-0.2, -0.15) is 5.26 Å². The second kappa shape index (κ2) is 4.84. The molecule has 0 spiro atoms. The summed E-state index contributed by atoms with van der Waals surface area (Å²) >= 11 is 0. The second-order valence-electron chi connectivity index (χ2n) is 4.17. The van der Waals surface area contributed by atoms with E-state index in [1.165, 1.54) is 6.92 Å². The van der Waals surface area contributed by atoms with Crippen molar-refractivity contribution in [1.29, 1.82) is 5.26 Å². The van der Waals surface area contributed by atoms with Gasteiger partial charge in [-0.15, -0.1) is 0 Å². The van der Waals surface area contributed by atoms with Gasteiger partial charge in [0.05, 0.1) is 0 Å². The molecule has 0 atom stereocenters. The highest BCUT2D eigenvalue weighted by Crippen LogP contribution is 2.25. The van der Waals surface area contributed by atoms with Gasteiger partial charge >= 0.3 is 0 Å². The average molecular weight is 229 g/mol. The highest BCUT2D eigenvalue weighted by molar-refractivity contribution is 6.03. The molecule has 0 heterocycles. The smallest absolute Gasteiger partial charge is 0.174 e. The van der Waals surface area contributed by atoms with Gasteiger partial charge in [0.15, 0.2) is 5.78 Å². The number of nitrogens with zero attached hydrogens (tertiary/aromatic N) is 1. The molecule has 0 radical (unpaired) electrons. The summed E-state index contributed by atoms with van der Waals surface area (Å²) in [6, 6.07) is 5.57. The van der Waals surface area contributed by atoms with E-state index >= 15 is 0 Å². The van der Waals surface area contributed by atoms with Crippen LogP contribution in [0.1, 0.15) is 29.2 Å². The molecule has 0 fully saturated rings. The van der Waals surface area contributed by atoms with Gasteiger partial charge in [0.25, 0.3) is 0 Å². The van der Waals surface area contributed by atoms with Crippen LogP contribution in [0.3, 0.4) is 0 Å². The van der Waals surface area contributed by atoms with Crippen LogP contribution in [0.15, 0.2) is 17.7 Å². The summed E-state index contributed by atoms with van der Waals surface area (Å²) in [5.74, 6) is -0.653. The monoisotopic (exact) mass is 229 g/mol. The van der Waals surface area contributed by atoms with Crippen LogP contribution in [0.2, 0.25) is 0 Å². The van der Waals surface area contributed by atoms with Crippen LogP contribution in [0, 0.1) is 32.1 Å². The molecule has 0 aliphatic heterocycles. The van der Waals surface area contributed by atoms with Crippen LogP contribution in [-0.4, -0.2) is 10.9 Å². The van der Waals surface area contributed by atoms with Crippen molar-refractivity contribution in [1.82, 2.24) is 0 Å². The van der Waals surface area contributed by atoms with Crippen LogP contribution in [0.5, 0.6) is 0 Å². The second-order valence-corrected chi connectivity index (χ2v) is 4.17. The van der Waals surface area contributed by atoms with Gasteiger partial charge in [-0.05, 0) is 31.9 Å². The number of carbonyl (C=O) groups is 1. The van der Waals surface area contributed by atoms with E-state index in [0.29, 0.717) is 5.56 Å². The Morgan fingerprint density at radius 2 is 1.71 bits per heavy atom. The molecule has 3 nitrogen and oxygen atoms in total. The summed E-state index contributed by atoms with van der Waals surface area (Å²) in [4.78, 5) is 11.2. The third kappa shape index (κ3) is 2.54. The zero-order valence-electron chi connectivity index (χ0n) is 10.5. The van der Waals surface area contributed by atoms with E-state index in [1.807, 2.05) is 32.9 Å². The van der Waals surface area contributed by atoms with E-state index in [0.717, 1.165) is 16.7 Å². The highest BCUT2D eigenvalue weighted by Gasteiger charge is 2.16. The number of hydrogen-bond donors (Lipinski definition) is 1. The molecule has 0 unspecified atom stereocenters. The van der Waals surface area contributed by atoms with Crippen LogP contribution < -0.4 is 0 Å².